The lowest BCUT2D eigenvalue weighted by atomic mass is 10.1. The van der Waals surface area contributed by atoms with Crippen LogP contribution in [0.5, 0.6) is 5.75 Å². The van der Waals surface area contributed by atoms with Gasteiger partial charge in [-0.25, -0.2) is 0 Å². The van der Waals surface area contributed by atoms with Crippen molar-refractivity contribution in [3.05, 3.63) is 18.5 Å². The molecule has 0 aliphatic carbocycles. The van der Waals surface area contributed by atoms with Gasteiger partial charge in [0, 0.05) is 18.5 Å². The highest BCUT2D eigenvalue weighted by molar-refractivity contribution is 5.65. The molecule has 0 bridgehead atoms. The summed E-state index contributed by atoms with van der Waals surface area (Å²) >= 11 is 0. The largest absolute Gasteiger partial charge is 0.506 e. The first-order valence-corrected chi connectivity index (χ1v) is 4.35. The molecule has 0 aliphatic rings. The van der Waals surface area contributed by atoms with Gasteiger partial charge in [0.2, 0.25) is 0 Å². The van der Waals surface area contributed by atoms with Crippen molar-refractivity contribution in [2.45, 2.75) is 20.3 Å². The van der Waals surface area contributed by atoms with Gasteiger partial charge in [0.1, 0.15) is 11.4 Å². The molecule has 3 nitrogen and oxygen atoms in total. The van der Waals surface area contributed by atoms with Crippen LogP contribution in [0.15, 0.2) is 23.5 Å². The third-order valence-electron chi connectivity index (χ3n) is 1.58. The van der Waals surface area contributed by atoms with Crippen LogP contribution in [0.1, 0.15) is 20.3 Å². The van der Waals surface area contributed by atoms with Gasteiger partial charge in [0.05, 0.1) is 6.20 Å². The first-order chi connectivity index (χ1) is 6.20. The molecule has 0 aliphatic heterocycles. The third-order valence-corrected chi connectivity index (χ3v) is 1.58. The van der Waals surface area contributed by atoms with Crippen LogP contribution < -0.4 is 0 Å². The summed E-state index contributed by atoms with van der Waals surface area (Å²) in [4.78, 5) is 7.98. The molecule has 0 fully saturated rings. The van der Waals surface area contributed by atoms with E-state index in [4.69, 9.17) is 0 Å². The Kier molecular flexibility index (Phi) is 3.43. The lowest BCUT2D eigenvalue weighted by molar-refractivity contribution is 0.476. The predicted molar refractivity (Wildman–Crippen MR) is 53.5 cm³/mol. The summed E-state index contributed by atoms with van der Waals surface area (Å²) in [5.41, 5.74) is 0.531. The van der Waals surface area contributed by atoms with E-state index in [1.165, 1.54) is 12.3 Å². The van der Waals surface area contributed by atoms with Crippen LogP contribution in [0, 0.1) is 5.92 Å². The van der Waals surface area contributed by atoms with E-state index in [-0.39, 0.29) is 5.75 Å². The van der Waals surface area contributed by atoms with Crippen molar-refractivity contribution in [2.75, 3.05) is 0 Å². The Morgan fingerprint density at radius 1 is 1.62 bits per heavy atom. The second-order valence-electron chi connectivity index (χ2n) is 3.31. The molecule has 1 aromatic rings. The maximum absolute atomic E-state index is 9.32. The summed E-state index contributed by atoms with van der Waals surface area (Å²) in [7, 11) is 0. The smallest absolute Gasteiger partial charge is 0.144 e. The van der Waals surface area contributed by atoms with Crippen molar-refractivity contribution in [2.24, 2.45) is 10.9 Å². The molecule has 0 amide bonds. The van der Waals surface area contributed by atoms with Gasteiger partial charge < -0.3 is 5.11 Å². The molecule has 0 aromatic carbocycles. The van der Waals surface area contributed by atoms with Gasteiger partial charge in [-0.3, -0.25) is 9.98 Å². The number of pyridine rings is 1. The van der Waals surface area contributed by atoms with E-state index in [9.17, 15) is 5.11 Å². The Bertz CT molecular complexity index is 295. The highest BCUT2D eigenvalue weighted by atomic mass is 16.3. The number of aromatic hydroxyl groups is 1. The van der Waals surface area contributed by atoms with E-state index in [2.05, 4.69) is 23.8 Å². The van der Waals surface area contributed by atoms with Crippen molar-refractivity contribution in [1.82, 2.24) is 4.98 Å². The molecule has 0 saturated heterocycles. The van der Waals surface area contributed by atoms with Gasteiger partial charge in [-0.1, -0.05) is 13.8 Å². The number of nitrogens with zero attached hydrogens (tertiary/aromatic N) is 2. The molecule has 0 radical (unpaired) electrons. The minimum absolute atomic E-state index is 0.176. The maximum Gasteiger partial charge on any atom is 0.144 e. The Balaban J connectivity index is 2.63. The van der Waals surface area contributed by atoms with E-state index >= 15 is 0 Å². The summed E-state index contributed by atoms with van der Waals surface area (Å²) < 4.78 is 0. The zero-order chi connectivity index (χ0) is 9.68. The molecule has 1 N–H and O–H groups in total. The summed E-state index contributed by atoms with van der Waals surface area (Å²) in [6.07, 6.45) is 5.80. The summed E-state index contributed by atoms with van der Waals surface area (Å²) in [5, 5.41) is 9.32. The van der Waals surface area contributed by atoms with E-state index < -0.39 is 0 Å². The van der Waals surface area contributed by atoms with Crippen molar-refractivity contribution < 1.29 is 5.11 Å². The first kappa shape index (κ1) is 9.71. The standard InChI is InChI=1S/C10H14N2O/c1-8(2)3-6-12-9-7-11-5-4-10(9)13/h4-8H,3H2,1-2H3,(H,11,13)/b12-6-. The van der Waals surface area contributed by atoms with Crippen molar-refractivity contribution in [3.63, 3.8) is 0 Å². The van der Waals surface area contributed by atoms with Gasteiger partial charge in [0.15, 0.2) is 0 Å². The van der Waals surface area contributed by atoms with Gasteiger partial charge in [0.25, 0.3) is 0 Å². The van der Waals surface area contributed by atoms with Crippen LogP contribution in [0.4, 0.5) is 5.69 Å². The average Bonchev–Trinajstić information content (AvgIpc) is 2.08. The van der Waals surface area contributed by atoms with Crippen LogP contribution >= 0.6 is 0 Å². The molecule has 1 rings (SSSR count). The summed E-state index contributed by atoms with van der Waals surface area (Å²) in [5.74, 6) is 0.762. The number of aliphatic imine (C=N–C) groups is 1. The van der Waals surface area contributed by atoms with Crippen LogP contribution in [0.25, 0.3) is 0 Å². The second kappa shape index (κ2) is 4.60. The lowest BCUT2D eigenvalue weighted by Crippen LogP contribution is -1.86. The van der Waals surface area contributed by atoms with E-state index in [1.807, 2.05) is 0 Å². The normalized spacial score (nSPS) is 11.3. The van der Waals surface area contributed by atoms with Crippen LogP contribution in [-0.4, -0.2) is 16.3 Å². The van der Waals surface area contributed by atoms with Crippen molar-refractivity contribution in [3.8, 4) is 5.75 Å². The SMILES string of the molecule is CC(C)C/C=N\c1cnccc1O. The highest BCUT2D eigenvalue weighted by Gasteiger charge is 1.95. The van der Waals surface area contributed by atoms with Crippen LogP contribution in [0.3, 0.4) is 0 Å². The minimum Gasteiger partial charge on any atom is -0.506 e. The van der Waals surface area contributed by atoms with Gasteiger partial charge in [-0.2, -0.15) is 0 Å². The Labute approximate surface area is 78.2 Å². The zero-order valence-corrected chi connectivity index (χ0v) is 7.94. The lowest BCUT2D eigenvalue weighted by Gasteiger charge is -1.98. The molecule has 1 aromatic heterocycles. The topological polar surface area (TPSA) is 45.5 Å². The molecular formula is C10H14N2O. The Morgan fingerprint density at radius 2 is 2.38 bits per heavy atom. The summed E-state index contributed by atoms with van der Waals surface area (Å²) in [6.45, 7) is 4.24. The van der Waals surface area contributed by atoms with E-state index in [1.54, 1.807) is 12.4 Å². The van der Waals surface area contributed by atoms with Crippen LogP contribution in [-0.2, 0) is 0 Å². The van der Waals surface area contributed by atoms with E-state index in [0.717, 1.165) is 6.42 Å². The molecule has 3 heteroatoms. The fourth-order valence-electron chi connectivity index (χ4n) is 0.840. The third kappa shape index (κ3) is 3.23. The average molecular weight is 178 g/mol. The summed E-state index contributed by atoms with van der Waals surface area (Å²) in [6, 6.07) is 1.53. The highest BCUT2D eigenvalue weighted by Crippen LogP contribution is 2.23. The molecule has 13 heavy (non-hydrogen) atoms. The van der Waals surface area contributed by atoms with Gasteiger partial charge in [-0.05, 0) is 12.3 Å². The Hall–Kier alpha value is -1.38. The minimum atomic E-state index is 0.176. The molecule has 0 spiro atoms. The number of hydrogen-bond acceptors (Lipinski definition) is 3. The maximum atomic E-state index is 9.32. The van der Waals surface area contributed by atoms with E-state index in [0.29, 0.717) is 11.6 Å². The van der Waals surface area contributed by atoms with Crippen LogP contribution in [0.2, 0.25) is 0 Å². The predicted octanol–water partition coefficient (Wildman–Crippen LogP) is 2.54. The molecule has 0 saturated carbocycles. The van der Waals surface area contributed by atoms with Gasteiger partial charge >= 0.3 is 0 Å². The molecule has 0 atom stereocenters. The zero-order valence-electron chi connectivity index (χ0n) is 7.94. The first-order valence-electron chi connectivity index (χ1n) is 4.35. The monoisotopic (exact) mass is 178 g/mol. The van der Waals surface area contributed by atoms with Crippen molar-refractivity contribution in [1.29, 1.82) is 0 Å². The fourth-order valence-corrected chi connectivity index (χ4v) is 0.840. The second-order valence-corrected chi connectivity index (χ2v) is 3.31. The molecule has 1 heterocycles. The number of aromatic nitrogens is 1. The molecular weight excluding hydrogens is 164 g/mol. The molecule has 70 valence electrons. The number of rotatable bonds is 3. The fraction of sp³-hybridized carbons (Fsp3) is 0.400. The van der Waals surface area contributed by atoms with Crippen molar-refractivity contribution >= 4 is 11.9 Å². The molecule has 0 unspecified atom stereocenters. The van der Waals surface area contributed by atoms with Gasteiger partial charge in [-0.15, -0.1) is 0 Å². The number of hydrogen-bond donors (Lipinski definition) is 1. The Morgan fingerprint density at radius 3 is 3.00 bits per heavy atom. The quantitative estimate of drug-likeness (QED) is 0.723.